The summed E-state index contributed by atoms with van der Waals surface area (Å²) in [5.74, 6) is -2.43. The molecule has 1 aliphatic rings. The molecule has 0 spiro atoms. The summed E-state index contributed by atoms with van der Waals surface area (Å²) in [5.41, 5.74) is -0.0325. The van der Waals surface area contributed by atoms with Crippen molar-refractivity contribution in [2.45, 2.75) is 6.17 Å². The molecule has 0 saturated heterocycles. The Labute approximate surface area is 77.9 Å². The molecule has 5 heteroatoms. The van der Waals surface area contributed by atoms with Crippen LogP contribution >= 0.6 is 0 Å². The predicted molar refractivity (Wildman–Crippen MR) is 43.0 cm³/mol. The molecule has 0 bridgehead atoms. The topological polar surface area (TPSA) is 63.6 Å². The molecule has 4 nitrogen and oxygen atoms in total. The minimum atomic E-state index is -2.26. The number of halogens is 1. The van der Waals surface area contributed by atoms with Crippen molar-refractivity contribution in [3.8, 4) is 11.5 Å². The van der Waals surface area contributed by atoms with Crippen LogP contribution in [0.5, 0.6) is 11.5 Å². The molecule has 0 saturated carbocycles. The predicted octanol–water partition coefficient (Wildman–Crippen LogP) is 0.832. The van der Waals surface area contributed by atoms with Gasteiger partial charge in [-0.15, -0.1) is 0 Å². The quantitative estimate of drug-likeness (QED) is 0.379. The lowest BCUT2D eigenvalue weighted by atomic mass is 10.0. The minimum absolute atomic E-state index is 0.0325. The number of benzene rings is 1. The van der Waals surface area contributed by atoms with Gasteiger partial charge in [0.05, 0.1) is 5.56 Å². The number of hydrogen-bond acceptors (Lipinski definition) is 4. The van der Waals surface area contributed by atoms with Crippen molar-refractivity contribution in [3.05, 3.63) is 23.8 Å². The van der Waals surface area contributed by atoms with Gasteiger partial charge in [-0.3, -0.25) is 4.79 Å². The molecule has 1 heterocycles. The van der Waals surface area contributed by atoms with Crippen LogP contribution in [0.15, 0.2) is 18.2 Å². The van der Waals surface area contributed by atoms with Gasteiger partial charge in [-0.05, 0) is 12.1 Å². The first kappa shape index (κ1) is 8.68. The zero-order chi connectivity index (χ0) is 10.3. The summed E-state index contributed by atoms with van der Waals surface area (Å²) < 4.78 is 17.4. The first-order chi connectivity index (χ1) is 6.59. The number of fused-ring (bicyclic) bond motifs is 1. The number of hydrogen-bond donors (Lipinski definition) is 1. The maximum Gasteiger partial charge on any atom is 0.354 e. The molecular weight excluding hydrogens is 191 g/mol. The van der Waals surface area contributed by atoms with E-state index in [2.05, 4.69) is 4.74 Å². The minimum Gasteiger partial charge on any atom is -0.508 e. The number of ketones is 1. The van der Waals surface area contributed by atoms with E-state index in [1.54, 1.807) is 0 Å². The maximum absolute atomic E-state index is 12.9. The Kier molecular flexibility index (Phi) is 1.73. The maximum atomic E-state index is 12.9. The van der Waals surface area contributed by atoms with Crippen molar-refractivity contribution in [3.63, 3.8) is 0 Å². The van der Waals surface area contributed by atoms with Crippen molar-refractivity contribution in [1.82, 2.24) is 0 Å². The molecule has 2 rings (SSSR count). The van der Waals surface area contributed by atoms with E-state index in [1.807, 2.05) is 0 Å². The van der Waals surface area contributed by atoms with Crippen molar-refractivity contribution in [1.29, 1.82) is 0 Å². The van der Waals surface area contributed by atoms with Gasteiger partial charge >= 0.3 is 5.97 Å². The standard InChI is InChI=1S/C9H5FO4/c10-7-8(12)5-2-1-4(11)3-6(5)14-9(7)13/h1-3,7,11H. The second-order valence-corrected chi connectivity index (χ2v) is 2.83. The van der Waals surface area contributed by atoms with E-state index >= 15 is 0 Å². The molecule has 72 valence electrons. The van der Waals surface area contributed by atoms with Gasteiger partial charge in [0.2, 0.25) is 5.78 Å². The van der Waals surface area contributed by atoms with Gasteiger partial charge in [0.25, 0.3) is 6.17 Å². The fourth-order valence-corrected chi connectivity index (χ4v) is 1.20. The normalized spacial score (nSPS) is 20.2. The van der Waals surface area contributed by atoms with Crippen LogP contribution in [0.3, 0.4) is 0 Å². The van der Waals surface area contributed by atoms with Gasteiger partial charge in [-0.25, -0.2) is 9.18 Å². The molecule has 14 heavy (non-hydrogen) atoms. The first-order valence-electron chi connectivity index (χ1n) is 3.82. The highest BCUT2D eigenvalue weighted by atomic mass is 19.1. The average Bonchev–Trinajstić information content (AvgIpc) is 2.14. The van der Waals surface area contributed by atoms with Crippen molar-refractivity contribution in [2.75, 3.05) is 0 Å². The third-order valence-electron chi connectivity index (χ3n) is 1.88. The molecule has 0 radical (unpaired) electrons. The van der Waals surface area contributed by atoms with Crippen LogP contribution in [0.25, 0.3) is 0 Å². The van der Waals surface area contributed by atoms with Gasteiger partial charge < -0.3 is 9.84 Å². The molecule has 1 aliphatic heterocycles. The highest BCUT2D eigenvalue weighted by molar-refractivity contribution is 6.15. The third-order valence-corrected chi connectivity index (χ3v) is 1.88. The van der Waals surface area contributed by atoms with Gasteiger partial charge in [-0.1, -0.05) is 0 Å². The van der Waals surface area contributed by atoms with Gasteiger partial charge in [0.1, 0.15) is 11.5 Å². The summed E-state index contributed by atoms with van der Waals surface area (Å²) >= 11 is 0. The Bertz CT molecular complexity index is 427. The fraction of sp³-hybridized carbons (Fsp3) is 0.111. The first-order valence-corrected chi connectivity index (χ1v) is 3.82. The van der Waals surface area contributed by atoms with E-state index in [0.717, 1.165) is 6.07 Å². The Hall–Kier alpha value is -1.91. The van der Waals surface area contributed by atoms with E-state index in [0.29, 0.717) is 0 Å². The lowest BCUT2D eigenvalue weighted by molar-refractivity contribution is -0.138. The number of esters is 1. The second kappa shape index (κ2) is 2.80. The largest absolute Gasteiger partial charge is 0.508 e. The number of alkyl halides is 1. The number of Topliss-reactive ketones (excluding diaryl/α,β-unsaturated/α-hetero) is 1. The van der Waals surface area contributed by atoms with Crippen molar-refractivity contribution < 1.29 is 23.8 Å². The zero-order valence-corrected chi connectivity index (χ0v) is 6.86. The van der Waals surface area contributed by atoms with Gasteiger partial charge in [0.15, 0.2) is 0 Å². The summed E-state index contributed by atoms with van der Waals surface area (Å²) in [5, 5.41) is 9.03. The number of ether oxygens (including phenoxy) is 1. The average molecular weight is 196 g/mol. The molecule has 1 N–H and O–H groups in total. The molecule has 1 aromatic rings. The van der Waals surface area contributed by atoms with Gasteiger partial charge in [0, 0.05) is 6.07 Å². The summed E-state index contributed by atoms with van der Waals surface area (Å²) in [7, 11) is 0. The summed E-state index contributed by atoms with van der Waals surface area (Å²) in [4.78, 5) is 22.0. The second-order valence-electron chi connectivity index (χ2n) is 2.83. The van der Waals surface area contributed by atoms with Crippen LogP contribution in [0.2, 0.25) is 0 Å². The number of phenolic OH excluding ortho intramolecular Hbond substituents is 1. The van der Waals surface area contributed by atoms with Gasteiger partial charge in [-0.2, -0.15) is 0 Å². The summed E-state index contributed by atoms with van der Waals surface area (Å²) in [6, 6.07) is 3.53. The molecular formula is C9H5FO4. The molecule has 0 fully saturated rings. The number of aromatic hydroxyl groups is 1. The SMILES string of the molecule is O=C1Oc2cc(O)ccc2C(=O)C1F. The Balaban J connectivity index is 2.56. The summed E-state index contributed by atoms with van der Waals surface area (Å²) in [6.45, 7) is 0. The van der Waals surface area contributed by atoms with Crippen molar-refractivity contribution in [2.24, 2.45) is 0 Å². The third kappa shape index (κ3) is 1.14. The van der Waals surface area contributed by atoms with Crippen LogP contribution in [-0.2, 0) is 4.79 Å². The monoisotopic (exact) mass is 196 g/mol. The number of carbonyl (C=O) groups is 2. The Morgan fingerprint density at radius 2 is 2.07 bits per heavy atom. The zero-order valence-electron chi connectivity index (χ0n) is 6.86. The number of carbonyl (C=O) groups excluding carboxylic acids is 2. The van der Waals surface area contributed by atoms with E-state index in [-0.39, 0.29) is 17.1 Å². The number of phenols is 1. The lowest BCUT2D eigenvalue weighted by Crippen LogP contribution is -2.34. The molecule has 0 aliphatic carbocycles. The van der Waals surface area contributed by atoms with E-state index in [9.17, 15) is 14.0 Å². The fourth-order valence-electron chi connectivity index (χ4n) is 1.20. The smallest absolute Gasteiger partial charge is 0.354 e. The van der Waals surface area contributed by atoms with E-state index in [4.69, 9.17) is 5.11 Å². The number of rotatable bonds is 0. The highest BCUT2D eigenvalue weighted by Gasteiger charge is 2.36. The Morgan fingerprint density at radius 1 is 1.36 bits per heavy atom. The van der Waals surface area contributed by atoms with Crippen molar-refractivity contribution >= 4 is 11.8 Å². The van der Waals surface area contributed by atoms with Crippen LogP contribution in [0.4, 0.5) is 4.39 Å². The highest BCUT2D eigenvalue weighted by Crippen LogP contribution is 2.29. The van der Waals surface area contributed by atoms with Crippen LogP contribution in [-0.4, -0.2) is 23.0 Å². The van der Waals surface area contributed by atoms with E-state index < -0.39 is 17.9 Å². The molecule has 1 atom stereocenters. The van der Waals surface area contributed by atoms with Crippen LogP contribution in [0, 0.1) is 0 Å². The Morgan fingerprint density at radius 3 is 2.79 bits per heavy atom. The molecule has 0 amide bonds. The summed E-state index contributed by atoms with van der Waals surface area (Å²) in [6.07, 6.45) is -2.26. The molecule has 1 unspecified atom stereocenters. The van der Waals surface area contributed by atoms with Crippen LogP contribution < -0.4 is 4.74 Å². The lowest BCUT2D eigenvalue weighted by Gasteiger charge is -2.16. The molecule has 0 aromatic heterocycles. The van der Waals surface area contributed by atoms with E-state index in [1.165, 1.54) is 12.1 Å². The van der Waals surface area contributed by atoms with Crippen LogP contribution in [0.1, 0.15) is 10.4 Å². The molecule has 1 aromatic carbocycles.